The molecule has 6 nitrogen and oxygen atoms in total. The minimum absolute atomic E-state index is 0.423. The highest BCUT2D eigenvalue weighted by molar-refractivity contribution is 5.91. The Morgan fingerprint density at radius 2 is 1.61 bits per heavy atom. The van der Waals surface area contributed by atoms with Crippen LogP contribution in [-0.4, -0.2) is 32.8 Å². The quantitative estimate of drug-likeness (QED) is 0.234. The topological polar surface area (TPSA) is 71.1 Å². The fourth-order valence-electron chi connectivity index (χ4n) is 2.65. The number of rotatable bonds is 12. The van der Waals surface area contributed by atoms with Gasteiger partial charge in [0.05, 0.1) is 25.9 Å². The zero-order chi connectivity index (χ0) is 20.2. The summed E-state index contributed by atoms with van der Waals surface area (Å²) in [5.41, 5.74) is 1.35. The van der Waals surface area contributed by atoms with E-state index in [0.29, 0.717) is 36.7 Å². The van der Waals surface area contributed by atoms with E-state index in [4.69, 9.17) is 14.2 Å². The van der Waals surface area contributed by atoms with Crippen LogP contribution in [0.4, 0.5) is 0 Å². The molecule has 0 bridgehead atoms. The third-order valence-electron chi connectivity index (χ3n) is 4.16. The van der Waals surface area contributed by atoms with Crippen molar-refractivity contribution >= 4 is 12.4 Å². The van der Waals surface area contributed by atoms with Crippen molar-refractivity contribution in [2.45, 2.75) is 32.6 Å². The Labute approximate surface area is 165 Å². The molecule has 0 heterocycles. The Morgan fingerprint density at radius 3 is 2.25 bits per heavy atom. The maximum absolute atomic E-state index is 12.3. The summed E-state index contributed by atoms with van der Waals surface area (Å²) in [7, 11) is 1.60. The number of benzene rings is 2. The van der Waals surface area contributed by atoms with Crippen molar-refractivity contribution in [3.63, 3.8) is 0 Å². The molecule has 0 aliphatic carbocycles. The van der Waals surface area contributed by atoms with Crippen LogP contribution in [0, 0.1) is 6.92 Å². The van der Waals surface area contributed by atoms with E-state index < -0.39 is 5.97 Å². The zero-order valence-corrected chi connectivity index (χ0v) is 16.3. The van der Waals surface area contributed by atoms with E-state index in [0.717, 1.165) is 37.0 Å². The van der Waals surface area contributed by atoms with Crippen LogP contribution < -0.4 is 14.2 Å². The smallest absolute Gasteiger partial charge is 0.343 e. The number of esters is 1. The maximum atomic E-state index is 12.3. The van der Waals surface area contributed by atoms with Crippen molar-refractivity contribution in [2.75, 3.05) is 20.3 Å². The van der Waals surface area contributed by atoms with E-state index in [1.807, 2.05) is 6.92 Å². The van der Waals surface area contributed by atoms with E-state index in [-0.39, 0.29) is 0 Å². The van der Waals surface area contributed by atoms with Crippen LogP contribution in [0.25, 0.3) is 0 Å². The van der Waals surface area contributed by atoms with Crippen LogP contribution >= 0.6 is 0 Å². The molecular weight excluding hydrogens is 360 g/mol. The summed E-state index contributed by atoms with van der Waals surface area (Å²) in [5, 5.41) is 0. The number of hydrogen-bond donors (Lipinski definition) is 0. The molecule has 0 amide bonds. The lowest BCUT2D eigenvalue weighted by molar-refractivity contribution is -0.128. The summed E-state index contributed by atoms with van der Waals surface area (Å²) in [6.07, 6.45) is 3.78. The second-order valence-electron chi connectivity index (χ2n) is 6.28. The van der Waals surface area contributed by atoms with Gasteiger partial charge in [-0.25, -0.2) is 4.79 Å². The fourth-order valence-corrected chi connectivity index (χ4v) is 2.65. The zero-order valence-electron chi connectivity index (χ0n) is 16.3. The van der Waals surface area contributed by atoms with Crippen molar-refractivity contribution in [2.24, 2.45) is 0 Å². The first-order chi connectivity index (χ1) is 13.6. The molecule has 0 spiro atoms. The molecular formula is C22H26O6. The number of methoxy groups -OCH3 is 1. The minimum atomic E-state index is -0.423. The van der Waals surface area contributed by atoms with Crippen molar-refractivity contribution < 1.29 is 28.5 Å². The molecule has 150 valence electrons. The highest BCUT2D eigenvalue weighted by Crippen LogP contribution is 2.24. The third-order valence-corrected chi connectivity index (χ3v) is 4.16. The SMILES string of the molecule is COc1ccc(OC(=O)c2ccc(OCCCCCCOC=O)cc2)cc1C. The molecule has 2 aromatic carbocycles. The van der Waals surface area contributed by atoms with Crippen molar-refractivity contribution in [3.8, 4) is 17.2 Å². The van der Waals surface area contributed by atoms with Gasteiger partial charge in [-0.2, -0.15) is 0 Å². The van der Waals surface area contributed by atoms with Gasteiger partial charge in [0, 0.05) is 0 Å². The Bertz CT molecular complexity index is 754. The highest BCUT2D eigenvalue weighted by Gasteiger charge is 2.10. The molecule has 0 atom stereocenters. The maximum Gasteiger partial charge on any atom is 0.343 e. The highest BCUT2D eigenvalue weighted by atomic mass is 16.5. The van der Waals surface area contributed by atoms with Crippen molar-refractivity contribution in [3.05, 3.63) is 53.6 Å². The Balaban J connectivity index is 1.74. The molecule has 0 saturated heterocycles. The molecule has 0 fully saturated rings. The van der Waals surface area contributed by atoms with Gasteiger partial charge in [-0.05, 0) is 80.6 Å². The van der Waals surface area contributed by atoms with Crippen LogP contribution in [0.2, 0.25) is 0 Å². The summed E-state index contributed by atoms with van der Waals surface area (Å²) in [6, 6.07) is 12.1. The molecule has 2 aromatic rings. The summed E-state index contributed by atoms with van der Waals surface area (Å²) >= 11 is 0. The van der Waals surface area contributed by atoms with Crippen molar-refractivity contribution in [1.29, 1.82) is 0 Å². The van der Waals surface area contributed by atoms with E-state index in [2.05, 4.69) is 4.74 Å². The van der Waals surface area contributed by atoms with Crippen LogP contribution in [0.5, 0.6) is 17.2 Å². The van der Waals surface area contributed by atoms with Crippen molar-refractivity contribution in [1.82, 2.24) is 0 Å². The second kappa shape index (κ2) is 11.6. The number of carbonyl (C=O) groups excluding carboxylic acids is 2. The van der Waals surface area contributed by atoms with Gasteiger partial charge in [0.25, 0.3) is 6.47 Å². The number of carbonyl (C=O) groups is 2. The van der Waals surface area contributed by atoms with Crippen LogP contribution in [-0.2, 0) is 9.53 Å². The number of ether oxygens (including phenoxy) is 4. The predicted octanol–water partition coefficient (Wildman–Crippen LogP) is 4.34. The standard InChI is InChI=1S/C22H26O6/c1-17-15-20(11-12-21(17)25-2)28-22(24)18-7-9-19(10-8-18)27-14-6-4-3-5-13-26-16-23/h7-12,15-16H,3-6,13-14H2,1-2H3. The largest absolute Gasteiger partial charge is 0.496 e. The molecule has 0 aromatic heterocycles. The molecule has 6 heteroatoms. The van der Waals surface area contributed by atoms with E-state index in [1.165, 1.54) is 0 Å². The second-order valence-corrected chi connectivity index (χ2v) is 6.28. The van der Waals surface area contributed by atoms with Gasteiger partial charge in [0.2, 0.25) is 0 Å². The molecule has 28 heavy (non-hydrogen) atoms. The van der Waals surface area contributed by atoms with E-state index in [9.17, 15) is 9.59 Å². The van der Waals surface area contributed by atoms with Crippen LogP contribution in [0.3, 0.4) is 0 Å². The van der Waals surface area contributed by atoms with Gasteiger partial charge in [-0.3, -0.25) is 4.79 Å². The Kier molecular flexibility index (Phi) is 8.85. The normalized spacial score (nSPS) is 10.2. The monoisotopic (exact) mass is 386 g/mol. The molecule has 0 radical (unpaired) electrons. The lowest BCUT2D eigenvalue weighted by atomic mass is 10.2. The summed E-state index contributed by atoms with van der Waals surface area (Å²) in [4.78, 5) is 22.3. The summed E-state index contributed by atoms with van der Waals surface area (Å²) in [5.74, 6) is 1.51. The number of unbranched alkanes of at least 4 members (excludes halogenated alkanes) is 3. The van der Waals surface area contributed by atoms with Gasteiger partial charge >= 0.3 is 5.97 Å². The average Bonchev–Trinajstić information content (AvgIpc) is 2.70. The Hall–Kier alpha value is -3.02. The molecule has 0 aliphatic rings. The number of hydrogen-bond acceptors (Lipinski definition) is 6. The lowest BCUT2D eigenvalue weighted by Gasteiger charge is -2.09. The molecule has 0 aliphatic heterocycles. The van der Waals surface area contributed by atoms with Gasteiger partial charge < -0.3 is 18.9 Å². The van der Waals surface area contributed by atoms with E-state index in [1.54, 1.807) is 49.6 Å². The van der Waals surface area contributed by atoms with Crippen LogP contribution in [0.15, 0.2) is 42.5 Å². The van der Waals surface area contributed by atoms with Crippen LogP contribution in [0.1, 0.15) is 41.6 Å². The molecule has 0 saturated carbocycles. The lowest BCUT2D eigenvalue weighted by Crippen LogP contribution is -2.08. The van der Waals surface area contributed by atoms with E-state index >= 15 is 0 Å². The molecule has 0 unspecified atom stereocenters. The Morgan fingerprint density at radius 1 is 0.929 bits per heavy atom. The summed E-state index contributed by atoms with van der Waals surface area (Å²) < 4.78 is 20.9. The first-order valence-electron chi connectivity index (χ1n) is 9.29. The van der Waals surface area contributed by atoms with Gasteiger partial charge in [0.15, 0.2) is 0 Å². The predicted molar refractivity (Wildman–Crippen MR) is 105 cm³/mol. The first-order valence-corrected chi connectivity index (χ1v) is 9.29. The van der Waals surface area contributed by atoms with Gasteiger partial charge in [0.1, 0.15) is 17.2 Å². The summed E-state index contributed by atoms with van der Waals surface area (Å²) in [6.45, 7) is 3.43. The average molecular weight is 386 g/mol. The van der Waals surface area contributed by atoms with Gasteiger partial charge in [-0.15, -0.1) is 0 Å². The first kappa shape index (κ1) is 21.3. The minimum Gasteiger partial charge on any atom is -0.496 e. The fraction of sp³-hybridized carbons (Fsp3) is 0.364. The third kappa shape index (κ3) is 6.95. The molecule has 2 rings (SSSR count). The molecule has 0 N–H and O–H groups in total. The number of aryl methyl sites for hydroxylation is 1. The van der Waals surface area contributed by atoms with Gasteiger partial charge in [-0.1, -0.05) is 0 Å².